The highest BCUT2D eigenvalue weighted by molar-refractivity contribution is 6.09. The van der Waals surface area contributed by atoms with E-state index >= 15 is 0 Å². The number of imidazole rings is 1. The molecule has 0 radical (unpaired) electrons. The Bertz CT molecular complexity index is 3720. The minimum atomic E-state index is -0.420. The molecular formula is C58H44N4O. The van der Waals surface area contributed by atoms with E-state index in [1.165, 1.54) is 5.56 Å². The number of rotatable bonds is 10. The summed E-state index contributed by atoms with van der Waals surface area (Å²) in [6, 6.07) is 56.7. The minimum absolute atomic E-state index is 0.0750. The van der Waals surface area contributed by atoms with Crippen molar-refractivity contribution in [3.63, 3.8) is 0 Å². The number of fused-ring (bicyclic) bond motifs is 4. The highest BCUT2D eigenvalue weighted by Crippen LogP contribution is 2.38. The highest BCUT2D eigenvalue weighted by Gasteiger charge is 2.23. The van der Waals surface area contributed by atoms with Gasteiger partial charge in [0.1, 0.15) is 17.3 Å². The van der Waals surface area contributed by atoms with Crippen molar-refractivity contribution in [1.82, 2.24) is 14.1 Å². The van der Waals surface area contributed by atoms with Crippen LogP contribution in [0.4, 0.5) is 0 Å². The molecule has 5 nitrogen and oxygen atoms in total. The summed E-state index contributed by atoms with van der Waals surface area (Å²) in [6.45, 7) is 4.36. The molecule has 5 heteroatoms. The zero-order valence-electron chi connectivity index (χ0n) is 40.7. The fourth-order valence-electron chi connectivity index (χ4n) is 8.77. The number of benzene rings is 8. The van der Waals surface area contributed by atoms with Crippen molar-refractivity contribution in [2.45, 2.75) is 25.7 Å². The van der Waals surface area contributed by atoms with E-state index in [9.17, 15) is 2.74 Å². The van der Waals surface area contributed by atoms with Crippen LogP contribution >= 0.6 is 0 Å². The van der Waals surface area contributed by atoms with Gasteiger partial charge < -0.3 is 4.74 Å². The first kappa shape index (κ1) is 31.8. The average molecular weight is 819 g/mol. The summed E-state index contributed by atoms with van der Waals surface area (Å²) in [5.41, 5.74) is 10.2. The summed E-state index contributed by atoms with van der Waals surface area (Å²) in [5.74, 6) is 0.896. The van der Waals surface area contributed by atoms with Gasteiger partial charge in [-0.2, -0.15) is 0 Å². The molecule has 0 bridgehead atoms. The Morgan fingerprint density at radius 1 is 0.603 bits per heavy atom. The molecule has 0 amide bonds. The molecule has 0 fully saturated rings. The molecule has 11 rings (SSSR count). The quantitative estimate of drug-likeness (QED) is 0.102. The standard InChI is InChI=1S/C58H44N4O/c1-58(2,44-22-10-5-11-23-44)39-41-34-35-59-56(36-41)62-52-29-13-12-26-50(52)51-33-32-47(38-55(51)62)63-46-25-16-24-45(37-46)60-40-61(54-31-15-14-30-53(54)60)57-48(42-18-6-3-7-19-42)27-17-28-49(57)43-20-8-4-9-21-43/h3-38H,39H2,1-2H3/i12D,13D,26D,29D,32D,33D. The van der Waals surface area contributed by atoms with Gasteiger partial charge >= 0.3 is 0 Å². The Morgan fingerprint density at radius 3 is 2.03 bits per heavy atom. The lowest BCUT2D eigenvalue weighted by Gasteiger charge is -2.25. The van der Waals surface area contributed by atoms with Crippen LogP contribution in [0.3, 0.4) is 0 Å². The van der Waals surface area contributed by atoms with Gasteiger partial charge in [0, 0.05) is 23.0 Å². The lowest BCUT2D eigenvalue weighted by atomic mass is 9.79. The summed E-state index contributed by atoms with van der Waals surface area (Å²) < 4.78 is 66.7. The Balaban J connectivity index is 1.05. The summed E-state index contributed by atoms with van der Waals surface area (Å²) in [6.07, 6.45) is 6.06. The molecule has 0 aliphatic rings. The van der Waals surface area contributed by atoms with E-state index in [2.05, 4.69) is 91.5 Å². The molecule has 0 aliphatic carbocycles. The number of hydrogen-bond acceptors (Lipinski definition) is 2. The topological polar surface area (TPSA) is 35.9 Å². The molecule has 0 spiro atoms. The van der Waals surface area contributed by atoms with Crippen LogP contribution in [0.2, 0.25) is 0 Å². The van der Waals surface area contributed by atoms with Crippen LogP contribution in [0, 0.1) is 6.33 Å². The van der Waals surface area contributed by atoms with E-state index in [0.29, 0.717) is 23.5 Å². The normalized spacial score (nSPS) is 13.0. The molecular weight excluding hydrogens is 769 g/mol. The first-order valence-corrected chi connectivity index (χ1v) is 21.0. The van der Waals surface area contributed by atoms with Crippen LogP contribution in [0.15, 0.2) is 218 Å². The van der Waals surface area contributed by atoms with Gasteiger partial charge in [0.05, 0.1) is 41.7 Å². The maximum atomic E-state index is 9.44. The fraction of sp³-hybridized carbons (Fsp3) is 0.0690. The average Bonchev–Trinajstić information content (AvgIpc) is 3.94. The summed E-state index contributed by atoms with van der Waals surface area (Å²) in [7, 11) is 0. The van der Waals surface area contributed by atoms with Crippen molar-refractivity contribution < 1.29 is 17.5 Å². The van der Waals surface area contributed by atoms with Crippen molar-refractivity contribution in [2.75, 3.05) is 0 Å². The second-order valence-corrected chi connectivity index (χ2v) is 16.3. The van der Waals surface area contributed by atoms with Crippen LogP contribution in [0.25, 0.3) is 72.3 Å². The molecule has 302 valence electrons. The van der Waals surface area contributed by atoms with E-state index in [4.69, 9.17) is 15.2 Å². The zero-order valence-corrected chi connectivity index (χ0v) is 34.7. The van der Waals surface area contributed by atoms with E-state index in [1.54, 1.807) is 22.9 Å². The van der Waals surface area contributed by atoms with Gasteiger partial charge in [0.2, 0.25) is 0 Å². The van der Waals surface area contributed by atoms with Crippen molar-refractivity contribution in [2.24, 2.45) is 0 Å². The van der Waals surface area contributed by atoms with Crippen molar-refractivity contribution >= 4 is 32.8 Å². The smallest absolute Gasteiger partial charge is 0.269 e. The molecule has 0 saturated heterocycles. The van der Waals surface area contributed by atoms with Gasteiger partial charge in [-0.05, 0) is 93.7 Å². The summed E-state index contributed by atoms with van der Waals surface area (Å²) >= 11 is 0. The van der Waals surface area contributed by atoms with Gasteiger partial charge in [0.15, 0.2) is 0 Å². The molecule has 0 atom stereocenters. The van der Waals surface area contributed by atoms with E-state index < -0.39 is 12.1 Å². The van der Waals surface area contributed by atoms with Gasteiger partial charge in [-0.1, -0.05) is 172 Å². The molecule has 0 unspecified atom stereocenters. The van der Waals surface area contributed by atoms with Crippen LogP contribution in [0.5, 0.6) is 11.5 Å². The predicted molar refractivity (Wildman–Crippen MR) is 256 cm³/mol. The second kappa shape index (κ2) is 15.8. The maximum absolute atomic E-state index is 9.44. The Kier molecular flexibility index (Phi) is 7.97. The third kappa shape index (κ3) is 7.04. The molecule has 8 aromatic carbocycles. The molecule has 0 N–H and O–H groups in total. The molecule has 0 saturated carbocycles. The van der Waals surface area contributed by atoms with E-state index in [0.717, 1.165) is 50.2 Å². The monoisotopic (exact) mass is 818 g/mol. The van der Waals surface area contributed by atoms with Crippen molar-refractivity contribution in [1.29, 1.82) is 0 Å². The van der Waals surface area contributed by atoms with Gasteiger partial charge in [0.25, 0.3) is 6.33 Å². The fourth-order valence-corrected chi connectivity index (χ4v) is 8.77. The summed E-state index contributed by atoms with van der Waals surface area (Å²) in [4.78, 5) is 4.77. The third-order valence-electron chi connectivity index (χ3n) is 11.8. The van der Waals surface area contributed by atoms with Crippen LogP contribution < -0.4 is 9.30 Å². The SMILES string of the molecule is [2H]c1c(Oc2cccc(-n3[c-][n+](-c4c(-c5ccccc5)cccc4-c4ccccc4)c4ccccc43)c2)cc2c(c1[2H])c1c([2H])c([2H])c([2H])c([2H])c1n2-c1cc(CC(C)(C)c2ccccc2)ccn1. The van der Waals surface area contributed by atoms with Crippen LogP contribution in [-0.2, 0) is 11.8 Å². The Labute approximate surface area is 375 Å². The second-order valence-electron chi connectivity index (χ2n) is 16.3. The van der Waals surface area contributed by atoms with E-state index in [1.807, 2.05) is 102 Å². The number of pyridine rings is 1. The van der Waals surface area contributed by atoms with Crippen molar-refractivity contribution in [3.8, 4) is 50.9 Å². The number of hydrogen-bond donors (Lipinski definition) is 0. The largest absolute Gasteiger partial charge is 0.458 e. The van der Waals surface area contributed by atoms with Crippen LogP contribution in [-0.4, -0.2) is 14.1 Å². The van der Waals surface area contributed by atoms with Crippen molar-refractivity contribution in [3.05, 3.63) is 236 Å². The van der Waals surface area contributed by atoms with Gasteiger partial charge in [-0.15, -0.1) is 0 Å². The molecule has 3 heterocycles. The minimum Gasteiger partial charge on any atom is -0.458 e. The van der Waals surface area contributed by atoms with Gasteiger partial charge in [-0.3, -0.25) is 13.7 Å². The maximum Gasteiger partial charge on any atom is 0.269 e. The lowest BCUT2D eigenvalue weighted by molar-refractivity contribution is -0.571. The zero-order chi connectivity index (χ0) is 47.6. The molecule has 0 aliphatic heterocycles. The van der Waals surface area contributed by atoms with Gasteiger partial charge in [-0.25, -0.2) is 4.98 Å². The molecule has 63 heavy (non-hydrogen) atoms. The molecule has 3 aromatic heterocycles. The Morgan fingerprint density at radius 2 is 1.27 bits per heavy atom. The molecule has 11 aromatic rings. The predicted octanol–water partition coefficient (Wildman–Crippen LogP) is 13.8. The summed E-state index contributed by atoms with van der Waals surface area (Å²) in [5, 5.41) is 0.357. The first-order chi connectivity index (χ1) is 33.5. The van der Waals surface area contributed by atoms with E-state index in [-0.39, 0.29) is 51.6 Å². The number of para-hydroxylation sites is 4. The first-order valence-electron chi connectivity index (χ1n) is 24.0. The number of nitrogens with zero attached hydrogens (tertiary/aromatic N) is 4. The van der Waals surface area contributed by atoms with Crippen LogP contribution in [0.1, 0.15) is 33.2 Å². The third-order valence-corrected chi connectivity index (χ3v) is 11.8. The number of aromatic nitrogens is 4. The highest BCUT2D eigenvalue weighted by atomic mass is 16.5. The Hall–Kier alpha value is -8.02. The lowest BCUT2D eigenvalue weighted by Crippen LogP contribution is -2.31. The number of ether oxygens (including phenoxy) is 1.